The molecule has 1 heteroatoms. The van der Waals surface area contributed by atoms with Gasteiger partial charge in [-0.05, 0) is 178 Å². The van der Waals surface area contributed by atoms with Crippen LogP contribution in [0.15, 0.2) is 85.0 Å². The van der Waals surface area contributed by atoms with Gasteiger partial charge in [0.1, 0.15) is 0 Å². The number of hydrogen-bond donors (Lipinski definition) is 0. The zero-order valence-electron chi connectivity index (χ0n) is 34.6. The first-order valence-electron chi connectivity index (χ1n) is 23.0. The van der Waals surface area contributed by atoms with Crippen LogP contribution in [0.2, 0.25) is 0 Å². The molecular formula is C52H75N. The van der Waals surface area contributed by atoms with E-state index in [0.29, 0.717) is 29.7 Å². The minimum Gasteiger partial charge on any atom is -0.369 e. The lowest BCUT2D eigenvalue weighted by atomic mass is 9.49. The molecule has 15 atom stereocenters. The topological polar surface area (TPSA) is 3.24 Å². The number of allylic oxidation sites excluding steroid dienone is 9. The summed E-state index contributed by atoms with van der Waals surface area (Å²) in [6.07, 6.45) is 36.6. The van der Waals surface area contributed by atoms with E-state index in [1.54, 1.807) is 0 Å². The Bertz CT molecular complexity index is 1520. The van der Waals surface area contributed by atoms with E-state index in [0.717, 1.165) is 71.0 Å². The van der Waals surface area contributed by atoms with E-state index in [-0.39, 0.29) is 0 Å². The largest absolute Gasteiger partial charge is 0.369 e. The molecule has 0 spiro atoms. The Labute approximate surface area is 325 Å². The van der Waals surface area contributed by atoms with Gasteiger partial charge in [-0.15, -0.1) is 0 Å². The van der Waals surface area contributed by atoms with Gasteiger partial charge in [0.2, 0.25) is 0 Å². The van der Waals surface area contributed by atoms with E-state index in [1.165, 1.54) is 100 Å². The molecule has 15 unspecified atom stereocenters. The highest BCUT2D eigenvalue weighted by molar-refractivity contribution is 5.49. The second-order valence-corrected chi connectivity index (χ2v) is 20.0. The average Bonchev–Trinajstić information content (AvgIpc) is 3.67. The second kappa shape index (κ2) is 16.1. The molecule has 0 radical (unpaired) electrons. The fourth-order valence-corrected chi connectivity index (χ4v) is 15.4. The summed E-state index contributed by atoms with van der Waals surface area (Å²) in [6.45, 7) is 20.2. The Morgan fingerprint density at radius 2 is 1.51 bits per heavy atom. The number of nitrogens with zero attached hydrogens (tertiary/aromatic N) is 1. The monoisotopic (exact) mass is 714 g/mol. The molecule has 7 aliphatic carbocycles. The van der Waals surface area contributed by atoms with Gasteiger partial charge in [0, 0.05) is 18.3 Å². The maximum atomic E-state index is 5.09. The summed E-state index contributed by atoms with van der Waals surface area (Å²) in [5.74, 6) is 13.4. The molecule has 1 nitrogen and oxygen atoms in total. The SMILES string of the molecule is C=C(/C=C\C=C/C)C1C2CC(N(CCCC(/C=C\C)C(C)C)c3ccc(C(C)C)cc3)CC3C4CCC=CC4C(C32)C2C3CCCC4CCCC(C43)C12. The molecule has 1 aromatic rings. The van der Waals surface area contributed by atoms with Gasteiger partial charge in [0.15, 0.2) is 0 Å². The van der Waals surface area contributed by atoms with Crippen LogP contribution in [0.1, 0.15) is 130 Å². The van der Waals surface area contributed by atoms with Crippen molar-refractivity contribution in [1.29, 1.82) is 0 Å². The lowest BCUT2D eigenvalue weighted by Crippen LogP contribution is -2.54. The maximum absolute atomic E-state index is 5.09. The van der Waals surface area contributed by atoms with E-state index in [2.05, 4.69) is 119 Å². The molecule has 1 aromatic carbocycles. The van der Waals surface area contributed by atoms with Gasteiger partial charge < -0.3 is 4.90 Å². The first-order valence-corrected chi connectivity index (χ1v) is 23.0. The molecule has 288 valence electrons. The van der Waals surface area contributed by atoms with E-state index < -0.39 is 0 Å². The van der Waals surface area contributed by atoms with Gasteiger partial charge >= 0.3 is 0 Å². The van der Waals surface area contributed by atoms with Crippen LogP contribution in [0.25, 0.3) is 0 Å². The van der Waals surface area contributed by atoms with Crippen molar-refractivity contribution in [2.75, 3.05) is 11.4 Å². The van der Waals surface area contributed by atoms with E-state index in [4.69, 9.17) is 6.58 Å². The predicted octanol–water partition coefficient (Wildman–Crippen LogP) is 13.9. The van der Waals surface area contributed by atoms with Crippen molar-refractivity contribution in [3.63, 3.8) is 0 Å². The maximum Gasteiger partial charge on any atom is 0.0368 e. The number of fused-ring (bicyclic) bond motifs is 7. The summed E-state index contributed by atoms with van der Waals surface area (Å²) < 4.78 is 0. The molecule has 0 amide bonds. The Morgan fingerprint density at radius 3 is 2.21 bits per heavy atom. The van der Waals surface area contributed by atoms with Crippen LogP contribution in [0, 0.1) is 88.8 Å². The minimum atomic E-state index is 0.569. The molecule has 8 rings (SSSR count). The third-order valence-corrected chi connectivity index (χ3v) is 17.2. The number of benzene rings is 1. The van der Waals surface area contributed by atoms with Gasteiger partial charge in [0.05, 0.1) is 0 Å². The highest BCUT2D eigenvalue weighted by Gasteiger charge is 2.69. The molecule has 6 fully saturated rings. The number of anilines is 1. The van der Waals surface area contributed by atoms with Crippen molar-refractivity contribution in [1.82, 2.24) is 0 Å². The molecule has 0 aromatic heterocycles. The van der Waals surface area contributed by atoms with Crippen LogP contribution in [0.3, 0.4) is 0 Å². The van der Waals surface area contributed by atoms with E-state index in [9.17, 15) is 0 Å². The van der Waals surface area contributed by atoms with Crippen molar-refractivity contribution in [3.05, 3.63) is 90.6 Å². The van der Waals surface area contributed by atoms with Crippen LogP contribution in [0.4, 0.5) is 5.69 Å². The fourth-order valence-electron chi connectivity index (χ4n) is 15.4. The Balaban J connectivity index is 1.20. The third-order valence-electron chi connectivity index (χ3n) is 17.2. The molecule has 0 bridgehead atoms. The van der Waals surface area contributed by atoms with Crippen LogP contribution in [-0.4, -0.2) is 12.6 Å². The van der Waals surface area contributed by atoms with Crippen molar-refractivity contribution in [2.24, 2.45) is 88.8 Å². The van der Waals surface area contributed by atoms with Gasteiger partial charge in [-0.1, -0.05) is 126 Å². The fraction of sp³-hybridized carbons (Fsp3) is 0.692. The molecule has 6 saturated carbocycles. The Hall–Kier alpha value is -2.28. The average molecular weight is 714 g/mol. The normalized spacial score (nSPS) is 40.5. The van der Waals surface area contributed by atoms with Crippen LogP contribution >= 0.6 is 0 Å². The molecular weight excluding hydrogens is 639 g/mol. The van der Waals surface area contributed by atoms with Crippen LogP contribution in [-0.2, 0) is 0 Å². The van der Waals surface area contributed by atoms with Gasteiger partial charge in [-0.3, -0.25) is 0 Å². The van der Waals surface area contributed by atoms with Crippen molar-refractivity contribution >= 4 is 5.69 Å². The zero-order valence-corrected chi connectivity index (χ0v) is 34.6. The van der Waals surface area contributed by atoms with Crippen LogP contribution < -0.4 is 4.90 Å². The number of rotatable bonds is 12. The number of hydrogen-bond acceptors (Lipinski definition) is 1. The quantitative estimate of drug-likeness (QED) is 0.154. The Morgan fingerprint density at radius 1 is 0.774 bits per heavy atom. The molecule has 0 N–H and O–H groups in total. The summed E-state index contributed by atoms with van der Waals surface area (Å²) >= 11 is 0. The summed E-state index contributed by atoms with van der Waals surface area (Å²) in [5.41, 5.74) is 4.45. The van der Waals surface area contributed by atoms with E-state index in [1.807, 2.05) is 0 Å². The summed E-state index contributed by atoms with van der Waals surface area (Å²) in [7, 11) is 0. The molecule has 0 heterocycles. The summed E-state index contributed by atoms with van der Waals surface area (Å²) in [6, 6.07) is 10.5. The molecule has 53 heavy (non-hydrogen) atoms. The van der Waals surface area contributed by atoms with Gasteiger partial charge in [0.25, 0.3) is 0 Å². The lowest BCUT2D eigenvalue weighted by molar-refractivity contribution is -0.0494. The van der Waals surface area contributed by atoms with Crippen LogP contribution in [0.5, 0.6) is 0 Å². The smallest absolute Gasteiger partial charge is 0.0368 e. The molecule has 0 saturated heterocycles. The minimum absolute atomic E-state index is 0.569. The van der Waals surface area contributed by atoms with Gasteiger partial charge in [-0.25, -0.2) is 0 Å². The highest BCUT2D eigenvalue weighted by atomic mass is 15.2. The van der Waals surface area contributed by atoms with E-state index >= 15 is 0 Å². The second-order valence-electron chi connectivity index (χ2n) is 20.0. The van der Waals surface area contributed by atoms with Crippen molar-refractivity contribution in [3.8, 4) is 0 Å². The van der Waals surface area contributed by atoms with Crippen molar-refractivity contribution in [2.45, 2.75) is 131 Å². The standard InChI is InChI=1S/C52H75N/c1-8-10-11-18-35(7)47-46-32-40(53(30-16-21-36(17-9-2)33(3)4)39-28-26-37(27-29-39)34(5)6)31-45-41-22-12-13-23-42(41)50(49(45)46)52-44-25-15-20-38-19-14-24-43(48(38)44)51(47)52/h8-11,13,17-18,23,26-29,33-34,36,38,40-52H,7,12,14-16,19-22,24-25,30-32H2,1-6H3/b10-8-,17-9-,18-11-. The first kappa shape index (κ1) is 37.6. The third kappa shape index (κ3) is 6.83. The highest BCUT2D eigenvalue weighted by Crippen LogP contribution is 2.74. The Kier molecular flexibility index (Phi) is 11.4. The zero-order chi connectivity index (χ0) is 36.8. The molecule has 7 aliphatic rings. The summed E-state index contributed by atoms with van der Waals surface area (Å²) in [4.78, 5) is 2.97. The van der Waals surface area contributed by atoms with Gasteiger partial charge in [-0.2, -0.15) is 0 Å². The predicted molar refractivity (Wildman–Crippen MR) is 228 cm³/mol. The first-order chi connectivity index (χ1) is 25.8. The lowest BCUT2D eigenvalue weighted by Gasteiger charge is -2.57. The van der Waals surface area contributed by atoms with Crippen molar-refractivity contribution < 1.29 is 0 Å². The summed E-state index contributed by atoms with van der Waals surface area (Å²) in [5, 5.41) is 0. The molecule has 0 aliphatic heterocycles.